The summed E-state index contributed by atoms with van der Waals surface area (Å²) in [6.45, 7) is 7.92. The van der Waals surface area contributed by atoms with E-state index in [1.807, 2.05) is 0 Å². The van der Waals surface area contributed by atoms with E-state index < -0.39 is 0 Å². The average Bonchev–Trinajstić information content (AvgIpc) is 2.20. The highest BCUT2D eigenvalue weighted by atomic mass is 16.3. The van der Waals surface area contributed by atoms with Crippen molar-refractivity contribution < 1.29 is 5.11 Å². The van der Waals surface area contributed by atoms with E-state index in [1.54, 1.807) is 0 Å². The van der Waals surface area contributed by atoms with Crippen LogP contribution in [-0.4, -0.2) is 41.3 Å². The summed E-state index contributed by atoms with van der Waals surface area (Å²) >= 11 is 0. The number of likely N-dealkylation sites (tertiary alicyclic amines) is 1. The highest BCUT2D eigenvalue weighted by molar-refractivity contribution is 4.87. The van der Waals surface area contributed by atoms with Gasteiger partial charge < -0.3 is 10.8 Å². The standard InChI is InChI=1S/C13H28N2O/c1-10(2)8-12(14)13(9-16)15-7-5-4-6-11(15)3/h10-13,16H,4-9,14H2,1-3H3. The third-order valence-electron chi connectivity index (χ3n) is 3.71. The van der Waals surface area contributed by atoms with E-state index in [0.29, 0.717) is 12.0 Å². The smallest absolute Gasteiger partial charge is 0.0602 e. The Labute approximate surface area is 100 Å². The lowest BCUT2D eigenvalue weighted by Gasteiger charge is -2.41. The first-order valence-electron chi connectivity index (χ1n) is 6.68. The first-order chi connectivity index (χ1) is 7.56. The fourth-order valence-electron chi connectivity index (χ4n) is 2.80. The van der Waals surface area contributed by atoms with Crippen molar-refractivity contribution in [3.8, 4) is 0 Å². The number of piperidine rings is 1. The summed E-state index contributed by atoms with van der Waals surface area (Å²) in [6.07, 6.45) is 4.80. The minimum Gasteiger partial charge on any atom is -0.395 e. The van der Waals surface area contributed by atoms with Gasteiger partial charge in [-0.3, -0.25) is 4.90 Å². The molecule has 1 aliphatic heterocycles. The summed E-state index contributed by atoms with van der Waals surface area (Å²) in [5.74, 6) is 0.601. The second-order valence-electron chi connectivity index (χ2n) is 5.63. The molecule has 0 aromatic carbocycles. The van der Waals surface area contributed by atoms with Crippen molar-refractivity contribution in [2.45, 2.75) is 64.6 Å². The number of aliphatic hydroxyl groups is 1. The van der Waals surface area contributed by atoms with Gasteiger partial charge in [0.25, 0.3) is 0 Å². The predicted octanol–water partition coefficient (Wildman–Crippen LogP) is 1.60. The Balaban J connectivity index is 2.57. The topological polar surface area (TPSA) is 49.5 Å². The Kier molecular flexibility index (Phi) is 5.73. The molecule has 1 fully saturated rings. The average molecular weight is 228 g/mol. The maximum Gasteiger partial charge on any atom is 0.0602 e. The van der Waals surface area contributed by atoms with Crippen molar-refractivity contribution in [2.24, 2.45) is 11.7 Å². The van der Waals surface area contributed by atoms with Gasteiger partial charge in [0, 0.05) is 18.1 Å². The van der Waals surface area contributed by atoms with Crippen LogP contribution in [0.5, 0.6) is 0 Å². The molecule has 1 saturated heterocycles. The molecule has 3 atom stereocenters. The summed E-state index contributed by atoms with van der Waals surface area (Å²) in [6, 6.07) is 0.826. The molecule has 1 rings (SSSR count). The third-order valence-corrected chi connectivity index (χ3v) is 3.71. The molecule has 0 aromatic heterocycles. The van der Waals surface area contributed by atoms with E-state index >= 15 is 0 Å². The van der Waals surface area contributed by atoms with Crippen LogP contribution in [0.1, 0.15) is 46.5 Å². The molecule has 1 heterocycles. The van der Waals surface area contributed by atoms with E-state index in [-0.39, 0.29) is 18.7 Å². The normalized spacial score (nSPS) is 27.0. The summed E-state index contributed by atoms with van der Waals surface area (Å²) in [4.78, 5) is 2.41. The summed E-state index contributed by atoms with van der Waals surface area (Å²) in [5, 5.41) is 9.56. The molecule has 0 amide bonds. The number of aliphatic hydroxyl groups excluding tert-OH is 1. The first-order valence-corrected chi connectivity index (χ1v) is 6.68. The SMILES string of the molecule is CC(C)CC(N)C(CO)N1CCCCC1C. The molecular formula is C13H28N2O. The molecule has 16 heavy (non-hydrogen) atoms. The number of hydrogen-bond donors (Lipinski definition) is 2. The van der Waals surface area contributed by atoms with Gasteiger partial charge in [-0.1, -0.05) is 20.3 Å². The van der Waals surface area contributed by atoms with Crippen molar-refractivity contribution >= 4 is 0 Å². The fraction of sp³-hybridized carbons (Fsp3) is 1.00. The van der Waals surface area contributed by atoms with Gasteiger partial charge in [-0.15, -0.1) is 0 Å². The second kappa shape index (κ2) is 6.58. The molecule has 3 unspecified atom stereocenters. The summed E-state index contributed by atoms with van der Waals surface area (Å²) in [5.41, 5.74) is 6.22. The van der Waals surface area contributed by atoms with Crippen LogP contribution in [0, 0.1) is 5.92 Å². The van der Waals surface area contributed by atoms with Crippen LogP contribution in [0.2, 0.25) is 0 Å². The minimum atomic E-state index is 0.102. The molecule has 0 saturated carbocycles. The van der Waals surface area contributed by atoms with Crippen molar-refractivity contribution in [2.75, 3.05) is 13.2 Å². The molecular weight excluding hydrogens is 200 g/mol. The molecule has 3 nitrogen and oxygen atoms in total. The Morgan fingerprint density at radius 2 is 2.06 bits per heavy atom. The monoisotopic (exact) mass is 228 g/mol. The highest BCUT2D eigenvalue weighted by Crippen LogP contribution is 2.21. The number of nitrogens with two attached hydrogens (primary N) is 1. The van der Waals surface area contributed by atoms with Crippen LogP contribution in [0.25, 0.3) is 0 Å². The van der Waals surface area contributed by atoms with Crippen molar-refractivity contribution in [1.82, 2.24) is 4.90 Å². The molecule has 3 N–H and O–H groups in total. The Morgan fingerprint density at radius 3 is 2.56 bits per heavy atom. The zero-order chi connectivity index (χ0) is 12.1. The molecule has 0 spiro atoms. The van der Waals surface area contributed by atoms with Crippen molar-refractivity contribution in [3.05, 3.63) is 0 Å². The second-order valence-corrected chi connectivity index (χ2v) is 5.63. The van der Waals surface area contributed by atoms with Gasteiger partial charge in [0.05, 0.1) is 6.61 Å². The fourth-order valence-corrected chi connectivity index (χ4v) is 2.80. The van der Waals surface area contributed by atoms with Crippen LogP contribution in [-0.2, 0) is 0 Å². The largest absolute Gasteiger partial charge is 0.395 e. The summed E-state index contributed by atoms with van der Waals surface area (Å²) < 4.78 is 0. The van der Waals surface area contributed by atoms with Gasteiger partial charge >= 0.3 is 0 Å². The van der Waals surface area contributed by atoms with Crippen molar-refractivity contribution in [3.63, 3.8) is 0 Å². The predicted molar refractivity (Wildman–Crippen MR) is 68.3 cm³/mol. The molecule has 0 aromatic rings. The quantitative estimate of drug-likeness (QED) is 0.751. The van der Waals surface area contributed by atoms with Gasteiger partial charge in [-0.05, 0) is 38.6 Å². The minimum absolute atomic E-state index is 0.102. The van der Waals surface area contributed by atoms with E-state index in [4.69, 9.17) is 5.73 Å². The lowest BCUT2D eigenvalue weighted by atomic mass is 9.93. The maximum absolute atomic E-state index is 9.56. The van der Waals surface area contributed by atoms with Gasteiger partial charge in [0.1, 0.15) is 0 Å². The molecule has 0 bridgehead atoms. The van der Waals surface area contributed by atoms with Gasteiger partial charge in [0.15, 0.2) is 0 Å². The van der Waals surface area contributed by atoms with Crippen LogP contribution < -0.4 is 5.73 Å². The zero-order valence-corrected chi connectivity index (χ0v) is 11.0. The molecule has 0 radical (unpaired) electrons. The van der Waals surface area contributed by atoms with Crippen LogP contribution in [0.3, 0.4) is 0 Å². The van der Waals surface area contributed by atoms with Crippen LogP contribution in [0.15, 0.2) is 0 Å². The first kappa shape index (κ1) is 13.9. The van der Waals surface area contributed by atoms with Gasteiger partial charge in [-0.2, -0.15) is 0 Å². The van der Waals surface area contributed by atoms with E-state index in [2.05, 4.69) is 25.7 Å². The van der Waals surface area contributed by atoms with Gasteiger partial charge in [-0.25, -0.2) is 0 Å². The number of nitrogens with zero attached hydrogens (tertiary/aromatic N) is 1. The lowest BCUT2D eigenvalue weighted by Crippen LogP contribution is -2.55. The highest BCUT2D eigenvalue weighted by Gasteiger charge is 2.29. The number of rotatable bonds is 5. The molecule has 1 aliphatic rings. The summed E-state index contributed by atoms with van der Waals surface area (Å²) in [7, 11) is 0. The zero-order valence-electron chi connectivity index (χ0n) is 11.0. The van der Waals surface area contributed by atoms with E-state index in [1.165, 1.54) is 19.3 Å². The van der Waals surface area contributed by atoms with E-state index in [9.17, 15) is 5.11 Å². The van der Waals surface area contributed by atoms with E-state index in [0.717, 1.165) is 13.0 Å². The van der Waals surface area contributed by atoms with Gasteiger partial charge in [0.2, 0.25) is 0 Å². The lowest BCUT2D eigenvalue weighted by molar-refractivity contribution is 0.0467. The molecule has 3 heteroatoms. The number of hydrogen-bond acceptors (Lipinski definition) is 3. The maximum atomic E-state index is 9.56. The Bertz CT molecular complexity index is 196. The molecule has 0 aliphatic carbocycles. The third kappa shape index (κ3) is 3.72. The Morgan fingerprint density at radius 1 is 1.38 bits per heavy atom. The van der Waals surface area contributed by atoms with Crippen LogP contribution in [0.4, 0.5) is 0 Å². The van der Waals surface area contributed by atoms with Crippen LogP contribution >= 0.6 is 0 Å². The van der Waals surface area contributed by atoms with Crippen molar-refractivity contribution in [1.29, 1.82) is 0 Å². The Hall–Kier alpha value is -0.120. The molecule has 96 valence electrons.